The summed E-state index contributed by atoms with van der Waals surface area (Å²) < 4.78 is 1.79. The Balaban J connectivity index is 1.66. The Hall–Kier alpha value is -1.13. The lowest BCUT2D eigenvalue weighted by Gasteiger charge is -2.32. The Morgan fingerprint density at radius 3 is 2.85 bits per heavy atom. The summed E-state index contributed by atoms with van der Waals surface area (Å²) in [7, 11) is 0. The number of likely N-dealkylation sites (tertiary alicyclic amines) is 1. The van der Waals surface area contributed by atoms with E-state index in [4.69, 9.17) is 0 Å². The molecule has 1 aromatic heterocycles. The second kappa shape index (κ2) is 5.70. The summed E-state index contributed by atoms with van der Waals surface area (Å²) in [5.41, 5.74) is 1.29. The number of hydrogen-bond acceptors (Lipinski definition) is 3. The third-order valence-electron chi connectivity index (χ3n) is 4.77. The highest BCUT2D eigenvalue weighted by Gasteiger charge is 2.38. The lowest BCUT2D eigenvalue weighted by Crippen LogP contribution is -2.43. The molecule has 0 saturated carbocycles. The van der Waals surface area contributed by atoms with Gasteiger partial charge in [0.25, 0.3) is 0 Å². The van der Waals surface area contributed by atoms with Crippen LogP contribution >= 0.6 is 0 Å². The lowest BCUT2D eigenvalue weighted by molar-refractivity contribution is 0.145. The second-order valence-corrected chi connectivity index (χ2v) is 6.46. The molecule has 110 valence electrons. The first-order valence-corrected chi connectivity index (χ1v) is 7.82. The fourth-order valence-corrected chi connectivity index (χ4v) is 3.98. The first-order chi connectivity index (χ1) is 9.67. The van der Waals surface area contributed by atoms with Crippen molar-refractivity contribution in [3.8, 4) is 0 Å². The minimum Gasteiger partial charge on any atom is -0.297 e. The van der Waals surface area contributed by atoms with E-state index in [2.05, 4.69) is 41.5 Å². The molecule has 0 amide bonds. The van der Waals surface area contributed by atoms with E-state index < -0.39 is 0 Å². The van der Waals surface area contributed by atoms with Gasteiger partial charge in [0.2, 0.25) is 0 Å². The maximum absolute atomic E-state index is 4.28. The molecule has 2 fully saturated rings. The molecule has 4 nitrogen and oxygen atoms in total. The molecule has 0 aliphatic carbocycles. The van der Waals surface area contributed by atoms with Gasteiger partial charge < -0.3 is 0 Å². The van der Waals surface area contributed by atoms with E-state index in [0.717, 1.165) is 18.6 Å². The van der Waals surface area contributed by atoms with Crippen molar-refractivity contribution in [1.82, 2.24) is 19.6 Å². The maximum Gasteiger partial charge on any atom is 0.0539 e. The van der Waals surface area contributed by atoms with Crippen molar-refractivity contribution in [2.45, 2.75) is 57.8 Å². The van der Waals surface area contributed by atoms with Crippen molar-refractivity contribution in [3.05, 3.63) is 24.5 Å². The van der Waals surface area contributed by atoms with Crippen LogP contribution in [0.1, 0.15) is 38.7 Å². The molecular weight excluding hydrogens is 248 g/mol. The summed E-state index contributed by atoms with van der Waals surface area (Å²) in [6.45, 7) is 11.9. The SMILES string of the molecule is C=Cn1cc(CN2CC[C@H]3CC[C@@H](C2)N3C(C)C)cn1. The zero-order chi connectivity index (χ0) is 14.1. The standard InChI is InChI=1S/C16H26N4/c1-4-19-11-14(9-17-19)10-18-8-7-15-5-6-16(12-18)20(15)13(2)3/h4,9,11,13,15-16H,1,5-8,10,12H2,2-3H3/t15-,16+/m1/s1. The van der Waals surface area contributed by atoms with Crippen molar-refractivity contribution in [1.29, 1.82) is 0 Å². The third kappa shape index (κ3) is 2.67. The molecule has 4 heteroatoms. The van der Waals surface area contributed by atoms with E-state index in [9.17, 15) is 0 Å². The van der Waals surface area contributed by atoms with Gasteiger partial charge in [-0.25, -0.2) is 4.68 Å². The number of aromatic nitrogens is 2. The summed E-state index contributed by atoms with van der Waals surface area (Å²) in [6, 6.07) is 2.23. The molecule has 0 N–H and O–H groups in total. The molecule has 2 aliphatic rings. The van der Waals surface area contributed by atoms with Crippen LogP contribution in [0.5, 0.6) is 0 Å². The van der Waals surface area contributed by atoms with Gasteiger partial charge in [0, 0.05) is 55.7 Å². The minimum absolute atomic E-state index is 0.677. The number of fused-ring (bicyclic) bond motifs is 2. The summed E-state index contributed by atoms with van der Waals surface area (Å²) in [4.78, 5) is 5.36. The van der Waals surface area contributed by atoms with Crippen LogP contribution in [0.25, 0.3) is 6.20 Å². The quantitative estimate of drug-likeness (QED) is 0.843. The average Bonchev–Trinajstić information content (AvgIpc) is 2.96. The molecule has 20 heavy (non-hydrogen) atoms. The number of rotatable bonds is 4. The van der Waals surface area contributed by atoms with Crippen molar-refractivity contribution < 1.29 is 0 Å². The highest BCUT2D eigenvalue weighted by atomic mass is 15.3. The Bertz CT molecular complexity index is 465. The van der Waals surface area contributed by atoms with Crippen molar-refractivity contribution in [2.24, 2.45) is 0 Å². The highest BCUT2D eigenvalue weighted by Crippen LogP contribution is 2.32. The molecule has 2 saturated heterocycles. The van der Waals surface area contributed by atoms with E-state index in [1.54, 1.807) is 10.9 Å². The van der Waals surface area contributed by atoms with Gasteiger partial charge in [-0.05, 0) is 33.1 Å². The van der Waals surface area contributed by atoms with Crippen LogP contribution in [0.3, 0.4) is 0 Å². The Labute approximate surface area is 122 Å². The van der Waals surface area contributed by atoms with E-state index in [1.165, 1.54) is 37.9 Å². The molecule has 0 radical (unpaired) electrons. The summed E-state index contributed by atoms with van der Waals surface area (Å²) in [5.74, 6) is 0. The summed E-state index contributed by atoms with van der Waals surface area (Å²) >= 11 is 0. The predicted molar refractivity (Wildman–Crippen MR) is 82.3 cm³/mol. The van der Waals surface area contributed by atoms with Gasteiger partial charge in [0.15, 0.2) is 0 Å². The molecule has 0 unspecified atom stereocenters. The third-order valence-corrected chi connectivity index (χ3v) is 4.77. The lowest BCUT2D eigenvalue weighted by atomic mass is 10.1. The largest absolute Gasteiger partial charge is 0.297 e. The van der Waals surface area contributed by atoms with E-state index in [0.29, 0.717) is 6.04 Å². The maximum atomic E-state index is 4.28. The van der Waals surface area contributed by atoms with E-state index in [1.807, 2.05) is 6.20 Å². The molecule has 3 heterocycles. The van der Waals surface area contributed by atoms with E-state index >= 15 is 0 Å². The first kappa shape index (κ1) is 13.8. The van der Waals surface area contributed by atoms with Crippen LogP contribution in [0.15, 0.2) is 19.0 Å². The van der Waals surface area contributed by atoms with Crippen LogP contribution in [0.2, 0.25) is 0 Å². The molecule has 0 spiro atoms. The van der Waals surface area contributed by atoms with Crippen LogP contribution in [-0.2, 0) is 6.54 Å². The van der Waals surface area contributed by atoms with Crippen LogP contribution in [0, 0.1) is 0 Å². The van der Waals surface area contributed by atoms with Gasteiger partial charge in [-0.1, -0.05) is 6.58 Å². The van der Waals surface area contributed by atoms with Gasteiger partial charge in [0.05, 0.1) is 6.20 Å². The van der Waals surface area contributed by atoms with Crippen LogP contribution in [0.4, 0.5) is 0 Å². The summed E-state index contributed by atoms with van der Waals surface area (Å²) in [6.07, 6.45) is 9.86. The molecule has 0 aromatic carbocycles. The Kier molecular flexibility index (Phi) is 3.94. The van der Waals surface area contributed by atoms with Crippen molar-refractivity contribution >= 4 is 6.20 Å². The molecular formula is C16H26N4. The monoisotopic (exact) mass is 274 g/mol. The first-order valence-electron chi connectivity index (χ1n) is 7.82. The average molecular weight is 274 g/mol. The van der Waals surface area contributed by atoms with Gasteiger partial charge >= 0.3 is 0 Å². The van der Waals surface area contributed by atoms with Gasteiger partial charge in [-0.2, -0.15) is 5.10 Å². The predicted octanol–water partition coefficient (Wildman–Crippen LogP) is 2.43. The molecule has 3 rings (SSSR count). The van der Waals surface area contributed by atoms with Crippen molar-refractivity contribution in [3.63, 3.8) is 0 Å². The van der Waals surface area contributed by atoms with E-state index in [-0.39, 0.29) is 0 Å². The second-order valence-electron chi connectivity index (χ2n) is 6.46. The number of hydrogen-bond donors (Lipinski definition) is 0. The molecule has 2 aliphatic heterocycles. The molecule has 1 aromatic rings. The topological polar surface area (TPSA) is 24.3 Å². The zero-order valence-electron chi connectivity index (χ0n) is 12.7. The van der Waals surface area contributed by atoms with Gasteiger partial charge in [0.1, 0.15) is 0 Å². The fourth-order valence-electron chi connectivity index (χ4n) is 3.98. The highest BCUT2D eigenvalue weighted by molar-refractivity contribution is 5.17. The minimum atomic E-state index is 0.677. The Morgan fingerprint density at radius 1 is 1.35 bits per heavy atom. The smallest absolute Gasteiger partial charge is 0.0539 e. The summed E-state index contributed by atoms with van der Waals surface area (Å²) in [5, 5.41) is 4.28. The number of nitrogens with zero attached hydrogens (tertiary/aromatic N) is 4. The molecule has 2 bridgehead atoms. The molecule has 2 atom stereocenters. The van der Waals surface area contributed by atoms with Gasteiger partial charge in [-0.3, -0.25) is 9.80 Å². The zero-order valence-corrected chi connectivity index (χ0v) is 12.7. The fraction of sp³-hybridized carbons (Fsp3) is 0.688. The van der Waals surface area contributed by atoms with Crippen molar-refractivity contribution in [2.75, 3.05) is 13.1 Å². The Morgan fingerprint density at radius 2 is 2.15 bits per heavy atom. The van der Waals surface area contributed by atoms with Crippen LogP contribution < -0.4 is 0 Å². The normalized spacial score (nSPS) is 27.9. The van der Waals surface area contributed by atoms with Crippen LogP contribution in [-0.4, -0.2) is 50.8 Å². The van der Waals surface area contributed by atoms with Gasteiger partial charge in [-0.15, -0.1) is 0 Å².